The van der Waals surface area contributed by atoms with E-state index >= 15 is 0 Å². The molecule has 25 heavy (non-hydrogen) atoms. The van der Waals surface area contributed by atoms with E-state index in [0.29, 0.717) is 11.3 Å². The Bertz CT molecular complexity index is 807. The van der Waals surface area contributed by atoms with Gasteiger partial charge in [-0.05, 0) is 70.5 Å². The number of hydrogen-bond donors (Lipinski definition) is 3. The number of nitrogens with one attached hydrogen (secondary N) is 3. The largest absolute Gasteiger partial charge is 0.496 e. The molecule has 0 atom stereocenters. The first-order valence-corrected chi connectivity index (χ1v) is 9.32. The van der Waals surface area contributed by atoms with Gasteiger partial charge in [0.15, 0.2) is 5.11 Å². The van der Waals surface area contributed by atoms with E-state index in [-0.39, 0.29) is 16.9 Å². The maximum absolute atomic E-state index is 12.1. The molecule has 0 aliphatic heterocycles. The number of halogens is 1. The Kier molecular flexibility index (Phi) is 7.34. The van der Waals surface area contributed by atoms with E-state index in [1.54, 1.807) is 31.4 Å². The second-order valence-electron chi connectivity index (χ2n) is 4.60. The summed E-state index contributed by atoms with van der Waals surface area (Å²) in [4.78, 5) is 24.8. The molecule has 0 fully saturated rings. The van der Waals surface area contributed by atoms with Crippen LogP contribution >= 0.6 is 46.1 Å². The van der Waals surface area contributed by atoms with Crippen LogP contribution in [0.3, 0.4) is 0 Å². The third-order valence-electron chi connectivity index (χ3n) is 2.88. The Labute approximate surface area is 167 Å². The van der Waals surface area contributed by atoms with E-state index in [0.717, 1.165) is 8.45 Å². The zero-order valence-corrected chi connectivity index (χ0v) is 16.8. The van der Waals surface area contributed by atoms with Gasteiger partial charge in [0.1, 0.15) is 5.75 Å². The van der Waals surface area contributed by atoms with Gasteiger partial charge < -0.3 is 4.74 Å². The Morgan fingerprint density at radius 1 is 1.28 bits per heavy atom. The summed E-state index contributed by atoms with van der Waals surface area (Å²) in [6, 6.07) is 8.79. The summed E-state index contributed by atoms with van der Waals surface area (Å²) in [5.74, 6) is -0.0872. The number of methoxy groups -OCH3 is 1. The van der Waals surface area contributed by atoms with Gasteiger partial charge in [-0.3, -0.25) is 25.8 Å². The number of rotatable bonds is 4. The molecule has 0 saturated carbocycles. The Balaban J connectivity index is 1.82. The fourth-order valence-electron chi connectivity index (χ4n) is 1.72. The minimum Gasteiger partial charge on any atom is -0.496 e. The van der Waals surface area contributed by atoms with E-state index in [9.17, 15) is 9.59 Å². The predicted octanol–water partition coefficient (Wildman–Crippen LogP) is 2.71. The van der Waals surface area contributed by atoms with Crippen LogP contribution in [-0.2, 0) is 4.79 Å². The number of benzene rings is 1. The monoisotopic (exact) mass is 487 g/mol. The van der Waals surface area contributed by atoms with Crippen molar-refractivity contribution in [1.29, 1.82) is 0 Å². The molecule has 1 heterocycles. The first-order chi connectivity index (χ1) is 12.0. The fraction of sp³-hybridized carbons (Fsp3) is 0.0625. The zero-order chi connectivity index (χ0) is 18.2. The molecule has 0 saturated heterocycles. The standard InChI is InChI=1S/C16H14IN3O3S2/c1-23-13-6-4-10(9-12(13)17)15(22)19-20-16(24)18-14(21)7-5-11-3-2-8-25-11/h2-9H,1H3,(H,19,22)(H2,18,20,21,24). The van der Waals surface area contributed by atoms with Crippen LogP contribution in [0.5, 0.6) is 5.75 Å². The van der Waals surface area contributed by atoms with Crippen molar-refractivity contribution >= 4 is 69.1 Å². The average Bonchev–Trinajstić information content (AvgIpc) is 3.11. The van der Waals surface area contributed by atoms with Gasteiger partial charge in [0.2, 0.25) is 5.91 Å². The lowest BCUT2D eigenvalue weighted by molar-refractivity contribution is -0.115. The first-order valence-electron chi connectivity index (χ1n) is 6.96. The molecule has 0 spiro atoms. The van der Waals surface area contributed by atoms with Gasteiger partial charge in [-0.25, -0.2) is 0 Å². The van der Waals surface area contributed by atoms with Crippen molar-refractivity contribution in [3.63, 3.8) is 0 Å². The number of carbonyl (C=O) groups excluding carboxylic acids is 2. The molecule has 1 aromatic heterocycles. The molecule has 3 N–H and O–H groups in total. The van der Waals surface area contributed by atoms with Crippen LogP contribution in [-0.4, -0.2) is 24.0 Å². The molecule has 0 unspecified atom stereocenters. The van der Waals surface area contributed by atoms with Crippen molar-refractivity contribution in [2.75, 3.05) is 7.11 Å². The van der Waals surface area contributed by atoms with Gasteiger partial charge in [0, 0.05) is 16.5 Å². The fourth-order valence-corrected chi connectivity index (χ4v) is 3.23. The summed E-state index contributed by atoms with van der Waals surface area (Å²) < 4.78 is 5.95. The molecule has 2 rings (SSSR count). The minimum absolute atomic E-state index is 0.00242. The quantitative estimate of drug-likeness (QED) is 0.268. The molecule has 6 nitrogen and oxygen atoms in total. The van der Waals surface area contributed by atoms with E-state index in [2.05, 4.69) is 38.8 Å². The van der Waals surface area contributed by atoms with Crippen LogP contribution in [0.25, 0.3) is 6.08 Å². The molecular weight excluding hydrogens is 473 g/mol. The number of hydrogen-bond acceptors (Lipinski definition) is 5. The van der Waals surface area contributed by atoms with E-state index in [1.165, 1.54) is 17.4 Å². The molecule has 0 aliphatic carbocycles. The maximum Gasteiger partial charge on any atom is 0.269 e. The van der Waals surface area contributed by atoms with Crippen LogP contribution in [0.15, 0.2) is 41.8 Å². The van der Waals surface area contributed by atoms with Crippen LogP contribution in [0, 0.1) is 3.57 Å². The summed E-state index contributed by atoms with van der Waals surface area (Å²) in [5.41, 5.74) is 5.35. The van der Waals surface area contributed by atoms with Gasteiger partial charge >= 0.3 is 0 Å². The number of ether oxygens (including phenoxy) is 1. The van der Waals surface area contributed by atoms with Gasteiger partial charge in [-0.15, -0.1) is 11.3 Å². The average molecular weight is 487 g/mol. The number of carbonyl (C=O) groups is 2. The zero-order valence-electron chi connectivity index (χ0n) is 13.0. The third-order valence-corrected chi connectivity index (χ3v) is 4.77. The van der Waals surface area contributed by atoms with E-state index in [1.807, 2.05) is 17.5 Å². The van der Waals surface area contributed by atoms with Crippen molar-refractivity contribution in [2.45, 2.75) is 0 Å². The first kappa shape index (κ1) is 19.3. The lowest BCUT2D eigenvalue weighted by Crippen LogP contribution is -2.48. The normalized spacial score (nSPS) is 10.3. The van der Waals surface area contributed by atoms with Gasteiger partial charge in [-0.2, -0.15) is 0 Å². The Morgan fingerprint density at radius 3 is 2.72 bits per heavy atom. The number of hydrazine groups is 1. The highest BCUT2D eigenvalue weighted by Crippen LogP contribution is 2.21. The highest BCUT2D eigenvalue weighted by molar-refractivity contribution is 14.1. The highest BCUT2D eigenvalue weighted by Gasteiger charge is 2.09. The van der Waals surface area contributed by atoms with E-state index in [4.69, 9.17) is 17.0 Å². The minimum atomic E-state index is -0.390. The van der Waals surface area contributed by atoms with Crippen molar-refractivity contribution < 1.29 is 14.3 Å². The molecule has 2 aromatic rings. The van der Waals surface area contributed by atoms with Gasteiger partial charge in [0.25, 0.3) is 5.91 Å². The maximum atomic E-state index is 12.1. The molecular formula is C16H14IN3O3S2. The summed E-state index contributed by atoms with van der Waals surface area (Å²) in [6.07, 6.45) is 3.05. The number of thiophene rings is 1. The molecule has 130 valence electrons. The summed E-state index contributed by atoms with van der Waals surface area (Å²) >= 11 is 8.56. The molecule has 0 aliphatic rings. The highest BCUT2D eigenvalue weighted by atomic mass is 127. The molecule has 9 heteroatoms. The number of amides is 2. The summed E-state index contributed by atoms with van der Waals surface area (Å²) in [5, 5.41) is 4.36. The van der Waals surface area contributed by atoms with Crippen molar-refractivity contribution in [1.82, 2.24) is 16.2 Å². The molecule has 2 amide bonds. The van der Waals surface area contributed by atoms with Gasteiger partial charge in [0.05, 0.1) is 10.7 Å². The second-order valence-corrected chi connectivity index (χ2v) is 7.15. The Hall–Kier alpha value is -1.98. The Morgan fingerprint density at radius 2 is 2.08 bits per heavy atom. The van der Waals surface area contributed by atoms with E-state index < -0.39 is 0 Å². The SMILES string of the molecule is COc1ccc(C(=O)NNC(=S)NC(=O)C=Cc2cccs2)cc1I. The van der Waals surface area contributed by atoms with Crippen molar-refractivity contribution in [2.24, 2.45) is 0 Å². The van der Waals surface area contributed by atoms with Crippen LogP contribution in [0.4, 0.5) is 0 Å². The topological polar surface area (TPSA) is 79.5 Å². The predicted molar refractivity (Wildman–Crippen MR) is 110 cm³/mol. The van der Waals surface area contributed by atoms with Gasteiger partial charge in [-0.1, -0.05) is 6.07 Å². The summed E-state index contributed by atoms with van der Waals surface area (Å²) in [6.45, 7) is 0. The summed E-state index contributed by atoms with van der Waals surface area (Å²) in [7, 11) is 1.56. The molecule has 0 bridgehead atoms. The lowest BCUT2D eigenvalue weighted by atomic mass is 10.2. The van der Waals surface area contributed by atoms with Crippen LogP contribution in [0.2, 0.25) is 0 Å². The molecule has 0 radical (unpaired) electrons. The smallest absolute Gasteiger partial charge is 0.269 e. The van der Waals surface area contributed by atoms with Crippen molar-refractivity contribution in [3.05, 3.63) is 55.8 Å². The number of thiocarbonyl (C=S) groups is 1. The van der Waals surface area contributed by atoms with Crippen LogP contribution in [0.1, 0.15) is 15.2 Å². The molecule has 1 aromatic carbocycles. The van der Waals surface area contributed by atoms with Crippen LogP contribution < -0.4 is 20.9 Å². The van der Waals surface area contributed by atoms with Crippen molar-refractivity contribution in [3.8, 4) is 5.75 Å². The second kappa shape index (κ2) is 9.49. The lowest BCUT2D eigenvalue weighted by Gasteiger charge is -2.10. The third kappa shape index (κ3) is 6.11.